The molecule has 1 aliphatic rings. The Kier molecular flexibility index (Phi) is 21.1. The van der Waals surface area contributed by atoms with E-state index in [-0.39, 0.29) is 0 Å². The fourth-order valence-corrected chi connectivity index (χ4v) is 1.14. The van der Waals surface area contributed by atoms with E-state index in [1.165, 1.54) is 17.5 Å². The molecule has 2 rings (SSSR count). The Labute approximate surface area is 123 Å². The van der Waals surface area contributed by atoms with E-state index in [0.717, 1.165) is 11.8 Å². The molecule has 0 N–H and O–H groups in total. The van der Waals surface area contributed by atoms with Crippen molar-refractivity contribution < 1.29 is 0 Å². The molecule has 2 atom stereocenters. The minimum absolute atomic E-state index is 1.05. The molecule has 0 bridgehead atoms. The summed E-state index contributed by atoms with van der Waals surface area (Å²) in [4.78, 5) is 0. The molecule has 1 aromatic carbocycles. The molecule has 1 aromatic rings. The summed E-state index contributed by atoms with van der Waals surface area (Å²) >= 11 is 0. The Morgan fingerprint density at radius 3 is 0.895 bits per heavy atom. The number of hydrogen-bond acceptors (Lipinski definition) is 0. The van der Waals surface area contributed by atoms with Crippen LogP contribution in [-0.2, 0) is 0 Å². The molecule has 1 aliphatic carbocycles. The van der Waals surface area contributed by atoms with Crippen LogP contribution >= 0.6 is 0 Å². The highest BCUT2D eigenvalue weighted by Crippen LogP contribution is 2.36. The Balaban J connectivity index is -0.000000202. The van der Waals surface area contributed by atoms with Crippen molar-refractivity contribution in [1.82, 2.24) is 0 Å². The van der Waals surface area contributed by atoms with Gasteiger partial charge >= 0.3 is 0 Å². The fraction of sp³-hybridized carbons (Fsp3) is 0.684. The van der Waals surface area contributed by atoms with E-state index in [0.29, 0.717) is 0 Å². The zero-order valence-electron chi connectivity index (χ0n) is 15.2. The zero-order valence-corrected chi connectivity index (χ0v) is 15.2. The van der Waals surface area contributed by atoms with Gasteiger partial charge in [-0.25, -0.2) is 0 Å². The van der Waals surface area contributed by atoms with Gasteiger partial charge in [-0.2, -0.15) is 0 Å². The summed E-state index contributed by atoms with van der Waals surface area (Å²) in [5, 5.41) is 0. The number of benzene rings is 1. The lowest BCUT2D eigenvalue weighted by Gasteiger charge is -1.90. The molecular formula is C19H38. The minimum atomic E-state index is 1.05. The first-order valence-electron chi connectivity index (χ1n) is 8.13. The molecule has 114 valence electrons. The van der Waals surface area contributed by atoms with Gasteiger partial charge in [-0.05, 0) is 32.1 Å². The predicted molar refractivity (Wildman–Crippen MR) is 92.9 cm³/mol. The largest absolute Gasteiger partial charge is 0.0683 e. The lowest BCUT2D eigenvalue weighted by molar-refractivity contribution is 0.834. The van der Waals surface area contributed by atoms with Crippen molar-refractivity contribution >= 4 is 0 Å². The van der Waals surface area contributed by atoms with Crippen molar-refractivity contribution in [2.24, 2.45) is 11.8 Å². The van der Waals surface area contributed by atoms with E-state index < -0.39 is 0 Å². The quantitative estimate of drug-likeness (QED) is 0.472. The van der Waals surface area contributed by atoms with Crippen LogP contribution in [0.25, 0.3) is 0 Å². The van der Waals surface area contributed by atoms with Crippen LogP contribution in [0.2, 0.25) is 0 Å². The third-order valence-corrected chi connectivity index (χ3v) is 2.73. The van der Waals surface area contributed by atoms with Gasteiger partial charge in [0.25, 0.3) is 0 Å². The van der Waals surface area contributed by atoms with E-state index in [1.54, 1.807) is 0 Å². The summed E-state index contributed by atoms with van der Waals surface area (Å²) in [7, 11) is 0. The highest BCUT2D eigenvalue weighted by atomic mass is 14.3. The molecule has 0 heteroatoms. The van der Waals surface area contributed by atoms with Crippen LogP contribution in [0.4, 0.5) is 0 Å². The Morgan fingerprint density at radius 1 is 0.632 bits per heavy atom. The molecule has 0 amide bonds. The van der Waals surface area contributed by atoms with Gasteiger partial charge in [0.2, 0.25) is 0 Å². The van der Waals surface area contributed by atoms with Crippen LogP contribution in [0.3, 0.4) is 0 Å². The van der Waals surface area contributed by atoms with E-state index in [4.69, 9.17) is 0 Å². The van der Waals surface area contributed by atoms with Gasteiger partial charge in [-0.3, -0.25) is 0 Å². The molecule has 1 fully saturated rings. The number of aryl methyl sites for hydroxylation is 2. The normalized spacial score (nSPS) is 17.8. The standard InChI is InChI=1S/C8H10.C5H10.3C2H6/c1-7-3-5-8(2)6-4-7;1-4-3-5(4)2;3*1-2/h3-6H,1-2H3;4-5H,3H2,1-2H3;3*1-2H3. The highest BCUT2D eigenvalue weighted by molar-refractivity contribution is 5.19. The van der Waals surface area contributed by atoms with Gasteiger partial charge in [0.05, 0.1) is 0 Å². The molecule has 0 radical (unpaired) electrons. The van der Waals surface area contributed by atoms with Gasteiger partial charge in [0.15, 0.2) is 0 Å². The zero-order chi connectivity index (χ0) is 15.8. The molecular weight excluding hydrogens is 228 g/mol. The summed E-state index contributed by atoms with van der Waals surface area (Å²) in [6, 6.07) is 8.48. The number of hydrogen-bond donors (Lipinski definition) is 0. The SMILES string of the molecule is CC.CC.CC.CC1CC1C.Cc1ccc(C)cc1. The van der Waals surface area contributed by atoms with Gasteiger partial charge in [-0.1, -0.05) is 90.8 Å². The molecule has 0 saturated heterocycles. The van der Waals surface area contributed by atoms with Gasteiger partial charge < -0.3 is 0 Å². The van der Waals surface area contributed by atoms with Crippen molar-refractivity contribution in [3.05, 3.63) is 35.4 Å². The summed E-state index contributed by atoms with van der Waals surface area (Å²) in [5.74, 6) is 2.10. The maximum absolute atomic E-state index is 2.30. The summed E-state index contributed by atoms with van der Waals surface area (Å²) in [5.41, 5.74) is 2.66. The molecule has 0 heterocycles. The number of rotatable bonds is 0. The lowest BCUT2D eigenvalue weighted by Crippen LogP contribution is -1.70. The van der Waals surface area contributed by atoms with Gasteiger partial charge in [-0.15, -0.1) is 0 Å². The fourth-order valence-electron chi connectivity index (χ4n) is 1.14. The first-order chi connectivity index (χ1) is 9.09. The Hall–Kier alpha value is -0.780. The monoisotopic (exact) mass is 266 g/mol. The van der Waals surface area contributed by atoms with Crippen molar-refractivity contribution in [2.45, 2.75) is 75.7 Å². The maximum atomic E-state index is 2.30. The second-order valence-corrected chi connectivity index (χ2v) is 4.34. The Bertz CT molecular complexity index is 218. The predicted octanol–water partition coefficient (Wildman–Crippen LogP) is 7.04. The lowest BCUT2D eigenvalue weighted by atomic mass is 10.2. The first kappa shape index (κ1) is 23.3. The topological polar surface area (TPSA) is 0 Å². The average Bonchev–Trinajstić information content (AvgIpc) is 3.14. The summed E-state index contributed by atoms with van der Waals surface area (Å²) in [6.45, 7) is 20.8. The van der Waals surface area contributed by atoms with Crippen LogP contribution in [0, 0.1) is 25.7 Å². The molecule has 2 unspecified atom stereocenters. The smallest absolute Gasteiger partial charge is 0.0398 e. The van der Waals surface area contributed by atoms with Crippen molar-refractivity contribution in [1.29, 1.82) is 0 Å². The van der Waals surface area contributed by atoms with Crippen LogP contribution in [-0.4, -0.2) is 0 Å². The Morgan fingerprint density at radius 2 is 0.789 bits per heavy atom. The molecule has 19 heavy (non-hydrogen) atoms. The molecule has 0 aliphatic heterocycles. The van der Waals surface area contributed by atoms with E-state index in [9.17, 15) is 0 Å². The second kappa shape index (κ2) is 17.2. The third kappa shape index (κ3) is 17.2. The molecule has 0 aromatic heterocycles. The van der Waals surface area contributed by atoms with Gasteiger partial charge in [0.1, 0.15) is 0 Å². The van der Waals surface area contributed by atoms with Gasteiger partial charge in [0, 0.05) is 0 Å². The van der Waals surface area contributed by atoms with E-state index >= 15 is 0 Å². The molecule has 1 saturated carbocycles. The average molecular weight is 267 g/mol. The van der Waals surface area contributed by atoms with Crippen LogP contribution in [0.5, 0.6) is 0 Å². The maximum Gasteiger partial charge on any atom is -0.0398 e. The van der Waals surface area contributed by atoms with Crippen LogP contribution in [0.15, 0.2) is 24.3 Å². The highest BCUT2D eigenvalue weighted by Gasteiger charge is 2.26. The van der Waals surface area contributed by atoms with Crippen molar-refractivity contribution in [3.63, 3.8) is 0 Å². The van der Waals surface area contributed by atoms with Crippen LogP contribution in [0.1, 0.15) is 72.9 Å². The third-order valence-electron chi connectivity index (χ3n) is 2.73. The molecule has 0 spiro atoms. The summed E-state index contributed by atoms with van der Waals surface area (Å²) < 4.78 is 0. The first-order valence-corrected chi connectivity index (χ1v) is 8.13. The van der Waals surface area contributed by atoms with Crippen molar-refractivity contribution in [3.8, 4) is 0 Å². The van der Waals surface area contributed by atoms with Crippen molar-refractivity contribution in [2.75, 3.05) is 0 Å². The second-order valence-electron chi connectivity index (χ2n) is 4.34. The summed E-state index contributed by atoms with van der Waals surface area (Å²) in [6.07, 6.45) is 1.47. The van der Waals surface area contributed by atoms with Crippen LogP contribution < -0.4 is 0 Å². The van der Waals surface area contributed by atoms with E-state index in [2.05, 4.69) is 52.0 Å². The molecule has 0 nitrogen and oxygen atoms in total. The minimum Gasteiger partial charge on any atom is -0.0683 e. The van der Waals surface area contributed by atoms with E-state index in [1.807, 2.05) is 41.5 Å².